The number of ether oxygens (including phenoxy) is 1. The molecule has 0 aliphatic rings. The van der Waals surface area contributed by atoms with Crippen LogP contribution in [0.1, 0.15) is 13.3 Å². The molecular formula is C21H21FN2O5S. The van der Waals surface area contributed by atoms with Crippen LogP contribution in [-0.4, -0.2) is 42.3 Å². The second kappa shape index (κ2) is 8.76. The minimum Gasteiger partial charge on any atom is -0.485 e. The molecule has 1 heterocycles. The summed E-state index contributed by atoms with van der Waals surface area (Å²) in [6.45, 7) is 1.68. The highest BCUT2D eigenvalue weighted by Gasteiger charge is 2.18. The van der Waals surface area contributed by atoms with E-state index in [-0.39, 0.29) is 17.3 Å². The molecule has 0 saturated carbocycles. The molecule has 1 unspecified atom stereocenters. The molecule has 3 rings (SSSR count). The molecule has 1 aromatic heterocycles. The molecule has 0 fully saturated rings. The molecule has 30 heavy (non-hydrogen) atoms. The van der Waals surface area contributed by atoms with Gasteiger partial charge in [-0.15, -0.1) is 0 Å². The van der Waals surface area contributed by atoms with Crippen molar-refractivity contribution in [2.75, 3.05) is 12.9 Å². The maximum absolute atomic E-state index is 13.2. The fourth-order valence-corrected chi connectivity index (χ4v) is 3.36. The van der Waals surface area contributed by atoms with Gasteiger partial charge in [-0.3, -0.25) is 4.79 Å². The Hall–Kier alpha value is -3.04. The van der Waals surface area contributed by atoms with Crippen molar-refractivity contribution in [1.82, 2.24) is 9.78 Å². The van der Waals surface area contributed by atoms with Crippen molar-refractivity contribution < 1.29 is 22.7 Å². The second-order valence-electron chi connectivity index (χ2n) is 6.75. The van der Waals surface area contributed by atoms with Gasteiger partial charge in [0.2, 0.25) is 0 Å². The lowest BCUT2D eigenvalue weighted by Gasteiger charge is -2.15. The van der Waals surface area contributed by atoms with Gasteiger partial charge in [0.05, 0.1) is 22.9 Å². The van der Waals surface area contributed by atoms with Crippen molar-refractivity contribution in [3.05, 3.63) is 70.9 Å². The van der Waals surface area contributed by atoms with E-state index in [0.29, 0.717) is 23.2 Å². The van der Waals surface area contributed by atoms with E-state index in [4.69, 9.17) is 4.74 Å². The van der Waals surface area contributed by atoms with Gasteiger partial charge in [0.25, 0.3) is 0 Å². The van der Waals surface area contributed by atoms with Crippen LogP contribution >= 0.6 is 0 Å². The zero-order chi connectivity index (χ0) is 21.9. The molecule has 0 radical (unpaired) electrons. The normalized spacial score (nSPS) is 12.5. The van der Waals surface area contributed by atoms with E-state index in [2.05, 4.69) is 5.10 Å². The van der Waals surface area contributed by atoms with E-state index >= 15 is 0 Å². The molecule has 0 saturated heterocycles. The topological polar surface area (TPSA) is 98.5 Å². The number of hydrogen-bond donors (Lipinski definition) is 1. The van der Waals surface area contributed by atoms with Gasteiger partial charge in [-0.2, -0.15) is 9.78 Å². The fourth-order valence-electron chi connectivity index (χ4n) is 2.73. The number of benzene rings is 2. The van der Waals surface area contributed by atoms with Gasteiger partial charge in [0, 0.05) is 11.8 Å². The minimum absolute atomic E-state index is 0.0473. The number of aromatic nitrogens is 2. The summed E-state index contributed by atoms with van der Waals surface area (Å²) < 4.78 is 43.3. The number of halogens is 1. The first-order valence-electron chi connectivity index (χ1n) is 9.20. The standard InChI is InChI=1S/C21H21FN2O5S/c1-3-17(25)13-29-20-19(14-4-10-18(11-5-14)30(2,27)28)12-23-24(21(20)26)16-8-6-15(22)7-9-16/h4-12,17,25H,3,13H2,1-2H3. The third-order valence-electron chi connectivity index (χ3n) is 4.49. The van der Waals surface area contributed by atoms with Crippen molar-refractivity contribution in [3.8, 4) is 22.6 Å². The molecule has 9 heteroatoms. The summed E-state index contributed by atoms with van der Waals surface area (Å²) in [7, 11) is -3.37. The monoisotopic (exact) mass is 432 g/mol. The Kier molecular flexibility index (Phi) is 6.33. The Labute approximate surface area is 173 Å². The summed E-state index contributed by atoms with van der Waals surface area (Å²) >= 11 is 0. The van der Waals surface area contributed by atoms with Crippen LogP contribution in [0.4, 0.5) is 4.39 Å². The number of rotatable bonds is 7. The Bertz CT molecular complexity index is 1190. The number of sulfone groups is 1. The smallest absolute Gasteiger partial charge is 0.314 e. The van der Waals surface area contributed by atoms with Gasteiger partial charge in [-0.05, 0) is 48.4 Å². The molecule has 1 N–H and O–H groups in total. The lowest BCUT2D eigenvalue weighted by Crippen LogP contribution is -2.26. The summed E-state index contributed by atoms with van der Waals surface area (Å²) in [5, 5.41) is 14.0. The van der Waals surface area contributed by atoms with Crippen LogP contribution in [-0.2, 0) is 9.84 Å². The minimum atomic E-state index is -3.37. The van der Waals surface area contributed by atoms with Gasteiger partial charge in [-0.1, -0.05) is 19.1 Å². The maximum Gasteiger partial charge on any atom is 0.314 e. The molecule has 0 aliphatic carbocycles. The van der Waals surface area contributed by atoms with Crippen LogP contribution in [0.2, 0.25) is 0 Å². The van der Waals surface area contributed by atoms with Crippen LogP contribution in [0.15, 0.2) is 64.4 Å². The average Bonchev–Trinajstić information content (AvgIpc) is 2.72. The third-order valence-corrected chi connectivity index (χ3v) is 5.62. The predicted molar refractivity (Wildman–Crippen MR) is 110 cm³/mol. The zero-order valence-corrected chi connectivity index (χ0v) is 17.3. The lowest BCUT2D eigenvalue weighted by atomic mass is 10.1. The number of nitrogens with zero attached hydrogens (tertiary/aromatic N) is 2. The van der Waals surface area contributed by atoms with Crippen molar-refractivity contribution in [3.63, 3.8) is 0 Å². The fraction of sp³-hybridized carbons (Fsp3) is 0.238. The third kappa shape index (κ3) is 4.74. The molecule has 158 valence electrons. The SMILES string of the molecule is CCC(O)COc1c(-c2ccc(S(C)(=O)=O)cc2)cnn(-c2ccc(F)cc2)c1=O. The number of aliphatic hydroxyl groups excluding tert-OH is 1. The maximum atomic E-state index is 13.2. The first kappa shape index (κ1) is 21.7. The van der Waals surface area contributed by atoms with E-state index in [1.807, 2.05) is 0 Å². The Morgan fingerprint density at radius 3 is 2.33 bits per heavy atom. The van der Waals surface area contributed by atoms with Crippen molar-refractivity contribution >= 4 is 9.84 Å². The van der Waals surface area contributed by atoms with Gasteiger partial charge in [0.15, 0.2) is 15.6 Å². The molecule has 2 aromatic carbocycles. The summed E-state index contributed by atoms with van der Waals surface area (Å²) in [6, 6.07) is 11.2. The molecule has 0 bridgehead atoms. The summed E-state index contributed by atoms with van der Waals surface area (Å²) in [5.41, 5.74) is 0.636. The van der Waals surface area contributed by atoms with E-state index < -0.39 is 27.3 Å². The van der Waals surface area contributed by atoms with Crippen molar-refractivity contribution in [2.24, 2.45) is 0 Å². The quantitative estimate of drug-likeness (QED) is 0.616. The van der Waals surface area contributed by atoms with Crippen molar-refractivity contribution in [1.29, 1.82) is 0 Å². The van der Waals surface area contributed by atoms with Gasteiger partial charge in [-0.25, -0.2) is 12.8 Å². The predicted octanol–water partition coefficient (Wildman–Crippen LogP) is 2.59. The van der Waals surface area contributed by atoms with E-state index in [0.717, 1.165) is 10.9 Å². The molecule has 3 aromatic rings. The second-order valence-corrected chi connectivity index (χ2v) is 8.77. The Balaban J connectivity index is 2.11. The van der Waals surface area contributed by atoms with Gasteiger partial charge >= 0.3 is 5.56 Å². The summed E-state index contributed by atoms with van der Waals surface area (Å²) in [4.78, 5) is 13.2. The van der Waals surface area contributed by atoms with Crippen LogP contribution in [0, 0.1) is 5.82 Å². The van der Waals surface area contributed by atoms with Crippen LogP contribution in [0.3, 0.4) is 0 Å². The largest absolute Gasteiger partial charge is 0.485 e. The van der Waals surface area contributed by atoms with Crippen LogP contribution in [0.25, 0.3) is 16.8 Å². The van der Waals surface area contributed by atoms with E-state index in [1.54, 1.807) is 19.1 Å². The molecule has 0 amide bonds. The summed E-state index contributed by atoms with van der Waals surface area (Å²) in [5.74, 6) is -0.495. The lowest BCUT2D eigenvalue weighted by molar-refractivity contribution is 0.103. The summed E-state index contributed by atoms with van der Waals surface area (Å²) in [6.07, 6.45) is 2.19. The van der Waals surface area contributed by atoms with Gasteiger partial charge in [0.1, 0.15) is 12.4 Å². The van der Waals surface area contributed by atoms with E-state index in [1.165, 1.54) is 42.6 Å². The highest BCUT2D eigenvalue weighted by Crippen LogP contribution is 2.28. The Morgan fingerprint density at radius 2 is 1.77 bits per heavy atom. The van der Waals surface area contributed by atoms with Crippen molar-refractivity contribution in [2.45, 2.75) is 24.3 Å². The molecule has 1 atom stereocenters. The highest BCUT2D eigenvalue weighted by atomic mass is 32.2. The zero-order valence-electron chi connectivity index (χ0n) is 16.4. The van der Waals surface area contributed by atoms with E-state index in [9.17, 15) is 22.7 Å². The first-order chi connectivity index (χ1) is 14.2. The van der Waals surface area contributed by atoms with Gasteiger partial charge < -0.3 is 9.84 Å². The number of hydrogen-bond acceptors (Lipinski definition) is 6. The van der Waals surface area contributed by atoms with Crippen LogP contribution < -0.4 is 10.3 Å². The molecule has 0 spiro atoms. The van der Waals surface area contributed by atoms with Crippen LogP contribution in [0.5, 0.6) is 5.75 Å². The Morgan fingerprint density at radius 1 is 1.13 bits per heavy atom. The highest BCUT2D eigenvalue weighted by molar-refractivity contribution is 7.90. The molecule has 7 nitrogen and oxygen atoms in total. The average molecular weight is 432 g/mol. The first-order valence-corrected chi connectivity index (χ1v) is 11.1. The molecular weight excluding hydrogens is 411 g/mol. The molecule has 0 aliphatic heterocycles. The number of aliphatic hydroxyl groups is 1.